The van der Waals surface area contributed by atoms with Crippen LogP contribution in [0.5, 0.6) is 5.75 Å². The van der Waals surface area contributed by atoms with Crippen LogP contribution in [-0.4, -0.2) is 11.1 Å². The standard InChI is InChI=1S/C13H10F2N2O2/c14-10-5-2-6-11(15)12(10)17-13(19)16-8-3-1-4-9(18)7-8/h1-7,18H,(H2,16,17,19). The minimum Gasteiger partial charge on any atom is -0.508 e. The highest BCUT2D eigenvalue weighted by molar-refractivity contribution is 5.99. The van der Waals surface area contributed by atoms with Crippen LogP contribution in [-0.2, 0) is 0 Å². The summed E-state index contributed by atoms with van der Waals surface area (Å²) in [6.07, 6.45) is 0. The third-order valence-corrected chi connectivity index (χ3v) is 2.31. The minimum atomic E-state index is -0.869. The van der Waals surface area contributed by atoms with Gasteiger partial charge >= 0.3 is 6.03 Å². The molecule has 0 fully saturated rings. The lowest BCUT2D eigenvalue weighted by atomic mass is 10.3. The maximum absolute atomic E-state index is 13.3. The quantitative estimate of drug-likeness (QED) is 0.779. The van der Waals surface area contributed by atoms with Gasteiger partial charge in [-0.15, -0.1) is 0 Å². The fourth-order valence-electron chi connectivity index (χ4n) is 1.48. The van der Waals surface area contributed by atoms with Crippen molar-refractivity contribution in [1.29, 1.82) is 0 Å². The van der Waals surface area contributed by atoms with Crippen LogP contribution < -0.4 is 10.6 Å². The van der Waals surface area contributed by atoms with E-state index in [9.17, 15) is 18.7 Å². The average Bonchev–Trinajstić information content (AvgIpc) is 2.34. The molecule has 6 heteroatoms. The molecule has 2 aromatic rings. The molecule has 98 valence electrons. The first kappa shape index (κ1) is 12.8. The number of phenols is 1. The van der Waals surface area contributed by atoms with Crippen LogP contribution in [0.1, 0.15) is 0 Å². The molecule has 0 aliphatic carbocycles. The Hall–Kier alpha value is -2.63. The Morgan fingerprint density at radius 1 is 1.00 bits per heavy atom. The zero-order valence-electron chi connectivity index (χ0n) is 9.65. The normalized spacial score (nSPS) is 10.0. The maximum atomic E-state index is 13.3. The molecule has 19 heavy (non-hydrogen) atoms. The van der Waals surface area contributed by atoms with Gasteiger partial charge in [0.1, 0.15) is 23.1 Å². The number of rotatable bonds is 2. The molecule has 2 aromatic carbocycles. The van der Waals surface area contributed by atoms with Crippen LogP contribution in [0.4, 0.5) is 25.0 Å². The van der Waals surface area contributed by atoms with E-state index in [2.05, 4.69) is 10.6 Å². The van der Waals surface area contributed by atoms with Gasteiger partial charge in [0.2, 0.25) is 0 Å². The van der Waals surface area contributed by atoms with Crippen LogP contribution in [0.25, 0.3) is 0 Å². The van der Waals surface area contributed by atoms with Gasteiger partial charge in [-0.3, -0.25) is 0 Å². The van der Waals surface area contributed by atoms with Gasteiger partial charge in [0.25, 0.3) is 0 Å². The molecule has 3 N–H and O–H groups in total. The Bertz CT molecular complexity index is 597. The van der Waals surface area contributed by atoms with E-state index in [1.807, 2.05) is 0 Å². The number of phenolic OH excluding ortho intramolecular Hbond substituents is 1. The number of aromatic hydroxyl groups is 1. The summed E-state index contributed by atoms with van der Waals surface area (Å²) in [6.45, 7) is 0. The molecule has 0 aliphatic heterocycles. The third-order valence-electron chi connectivity index (χ3n) is 2.31. The third kappa shape index (κ3) is 3.19. The summed E-state index contributed by atoms with van der Waals surface area (Å²) >= 11 is 0. The number of para-hydroxylation sites is 1. The number of amides is 2. The Balaban J connectivity index is 2.10. The van der Waals surface area contributed by atoms with Gasteiger partial charge in [-0.2, -0.15) is 0 Å². The Kier molecular flexibility index (Phi) is 3.61. The topological polar surface area (TPSA) is 61.4 Å². The van der Waals surface area contributed by atoms with E-state index < -0.39 is 23.4 Å². The van der Waals surface area contributed by atoms with E-state index in [0.29, 0.717) is 5.69 Å². The molecule has 0 saturated carbocycles. The number of urea groups is 1. The van der Waals surface area contributed by atoms with Crippen LogP contribution in [0.3, 0.4) is 0 Å². The van der Waals surface area contributed by atoms with Crippen molar-refractivity contribution in [3.8, 4) is 5.75 Å². The summed E-state index contributed by atoms with van der Waals surface area (Å²) in [4.78, 5) is 11.6. The van der Waals surface area contributed by atoms with Gasteiger partial charge in [-0.1, -0.05) is 12.1 Å². The second-order valence-electron chi connectivity index (χ2n) is 3.73. The Morgan fingerprint density at radius 3 is 2.26 bits per heavy atom. The molecule has 0 saturated heterocycles. The largest absolute Gasteiger partial charge is 0.508 e. The molecule has 0 radical (unpaired) electrons. The van der Waals surface area contributed by atoms with Gasteiger partial charge in [0, 0.05) is 11.8 Å². The number of halogens is 2. The van der Waals surface area contributed by atoms with Crippen molar-refractivity contribution in [3.63, 3.8) is 0 Å². The number of hydrogen-bond acceptors (Lipinski definition) is 2. The maximum Gasteiger partial charge on any atom is 0.323 e. The van der Waals surface area contributed by atoms with Crippen molar-refractivity contribution in [1.82, 2.24) is 0 Å². The number of nitrogens with one attached hydrogen (secondary N) is 2. The van der Waals surface area contributed by atoms with Crippen molar-refractivity contribution < 1.29 is 18.7 Å². The van der Waals surface area contributed by atoms with E-state index in [1.54, 1.807) is 0 Å². The van der Waals surface area contributed by atoms with Crippen LogP contribution >= 0.6 is 0 Å². The lowest BCUT2D eigenvalue weighted by molar-refractivity contribution is 0.262. The number of benzene rings is 2. The Labute approximate surface area is 107 Å². The van der Waals surface area contributed by atoms with E-state index in [0.717, 1.165) is 12.1 Å². The van der Waals surface area contributed by atoms with E-state index in [4.69, 9.17) is 0 Å². The molecule has 0 aliphatic rings. The van der Waals surface area contributed by atoms with Gasteiger partial charge in [0.05, 0.1) is 0 Å². The zero-order valence-corrected chi connectivity index (χ0v) is 9.65. The monoisotopic (exact) mass is 264 g/mol. The zero-order chi connectivity index (χ0) is 13.8. The summed E-state index contributed by atoms with van der Waals surface area (Å²) in [6, 6.07) is 8.24. The van der Waals surface area contributed by atoms with Gasteiger partial charge in [-0.05, 0) is 24.3 Å². The first-order chi connectivity index (χ1) is 9.06. The number of carbonyl (C=O) groups excluding carboxylic acids is 1. The molecule has 0 heterocycles. The number of carbonyl (C=O) groups is 1. The predicted octanol–water partition coefficient (Wildman–Crippen LogP) is 3.31. The molecule has 2 rings (SSSR count). The lowest BCUT2D eigenvalue weighted by Crippen LogP contribution is -2.20. The SMILES string of the molecule is O=C(Nc1cccc(O)c1)Nc1c(F)cccc1F. The molecule has 4 nitrogen and oxygen atoms in total. The summed E-state index contributed by atoms with van der Waals surface area (Å²) in [5, 5.41) is 13.6. The summed E-state index contributed by atoms with van der Waals surface area (Å²) in [5.74, 6) is -1.77. The second kappa shape index (κ2) is 5.34. The average molecular weight is 264 g/mol. The fourth-order valence-corrected chi connectivity index (χ4v) is 1.48. The van der Waals surface area contributed by atoms with Gasteiger partial charge in [-0.25, -0.2) is 13.6 Å². The highest BCUT2D eigenvalue weighted by Gasteiger charge is 2.11. The lowest BCUT2D eigenvalue weighted by Gasteiger charge is -2.09. The van der Waals surface area contributed by atoms with Crippen molar-refractivity contribution in [3.05, 3.63) is 54.1 Å². The van der Waals surface area contributed by atoms with Crippen LogP contribution in [0.2, 0.25) is 0 Å². The second-order valence-corrected chi connectivity index (χ2v) is 3.73. The van der Waals surface area contributed by atoms with Crippen molar-refractivity contribution in [2.24, 2.45) is 0 Å². The van der Waals surface area contributed by atoms with Crippen molar-refractivity contribution in [2.45, 2.75) is 0 Å². The minimum absolute atomic E-state index is 0.0325. The highest BCUT2D eigenvalue weighted by Crippen LogP contribution is 2.19. The van der Waals surface area contributed by atoms with Crippen molar-refractivity contribution >= 4 is 17.4 Å². The molecule has 0 aromatic heterocycles. The highest BCUT2D eigenvalue weighted by atomic mass is 19.1. The van der Waals surface area contributed by atoms with Crippen LogP contribution in [0.15, 0.2) is 42.5 Å². The summed E-state index contributed by atoms with van der Waals surface area (Å²) in [5.41, 5.74) is -0.227. The summed E-state index contributed by atoms with van der Waals surface area (Å²) < 4.78 is 26.6. The smallest absolute Gasteiger partial charge is 0.323 e. The van der Waals surface area contributed by atoms with E-state index in [1.165, 1.54) is 30.3 Å². The van der Waals surface area contributed by atoms with Crippen molar-refractivity contribution in [2.75, 3.05) is 10.6 Å². The Morgan fingerprint density at radius 2 is 1.63 bits per heavy atom. The number of hydrogen-bond donors (Lipinski definition) is 3. The molecule has 0 atom stereocenters. The fraction of sp³-hybridized carbons (Fsp3) is 0. The molecular weight excluding hydrogens is 254 g/mol. The molecule has 0 unspecified atom stereocenters. The molecular formula is C13H10F2N2O2. The van der Waals surface area contributed by atoms with Gasteiger partial charge in [0.15, 0.2) is 0 Å². The molecule has 0 bridgehead atoms. The van der Waals surface area contributed by atoms with Crippen LogP contribution in [0, 0.1) is 11.6 Å². The first-order valence-corrected chi connectivity index (χ1v) is 5.37. The molecule has 2 amide bonds. The summed E-state index contributed by atoms with van der Waals surface area (Å²) in [7, 11) is 0. The molecule has 0 spiro atoms. The van der Waals surface area contributed by atoms with Gasteiger partial charge < -0.3 is 15.7 Å². The first-order valence-electron chi connectivity index (χ1n) is 5.37. The van der Waals surface area contributed by atoms with E-state index >= 15 is 0 Å². The number of anilines is 2. The predicted molar refractivity (Wildman–Crippen MR) is 67.1 cm³/mol. The van der Waals surface area contributed by atoms with E-state index in [-0.39, 0.29) is 5.75 Å².